The highest BCUT2D eigenvalue weighted by Crippen LogP contribution is 2.40. The Morgan fingerprint density at radius 1 is 1.37 bits per heavy atom. The summed E-state index contributed by atoms with van der Waals surface area (Å²) >= 11 is 1.96. The molecule has 19 heavy (non-hydrogen) atoms. The molecule has 5 nitrogen and oxygen atoms in total. The molecule has 0 radical (unpaired) electrons. The first-order chi connectivity index (χ1) is 9.06. The fraction of sp³-hybridized carbons (Fsp3) is 0.846. The summed E-state index contributed by atoms with van der Waals surface area (Å²) in [7, 11) is 5.22. The van der Waals surface area contributed by atoms with E-state index >= 15 is 0 Å². The van der Waals surface area contributed by atoms with Crippen LogP contribution in [-0.2, 0) is 9.53 Å². The van der Waals surface area contributed by atoms with Gasteiger partial charge in [0.05, 0.1) is 19.2 Å². The van der Waals surface area contributed by atoms with E-state index < -0.39 is 0 Å². The molecule has 108 valence electrons. The number of unbranched alkanes of at least 4 members (excludes halogenated alkanes) is 1. The van der Waals surface area contributed by atoms with Crippen LogP contribution in [0.15, 0.2) is 0 Å². The van der Waals surface area contributed by atoms with Gasteiger partial charge in [-0.05, 0) is 12.8 Å². The molecule has 6 heteroatoms. The zero-order valence-corrected chi connectivity index (χ0v) is 12.6. The van der Waals surface area contributed by atoms with E-state index in [-0.39, 0.29) is 12.0 Å². The van der Waals surface area contributed by atoms with Crippen molar-refractivity contribution in [3.8, 4) is 0 Å². The summed E-state index contributed by atoms with van der Waals surface area (Å²) < 4.78 is 4.63. The number of hydrogen-bond donors (Lipinski definition) is 0. The number of nitrogens with zero attached hydrogens (tertiary/aromatic N) is 2. The molecule has 2 rings (SSSR count). The molecule has 0 aliphatic carbocycles. The highest BCUT2D eigenvalue weighted by Gasteiger charge is 2.49. The minimum atomic E-state index is -0.134. The number of urea groups is 1. The molecule has 2 aliphatic heterocycles. The minimum Gasteiger partial charge on any atom is -0.469 e. The number of thioether (sulfide) groups is 1. The standard InChI is InChI=1S/C13H22N2O3S/c1-14-9-8-19-10(12(9)15(2)13(14)17)6-4-5-7-11(16)18-3/h9-10,12H,4-8H2,1-3H3/t9-,10-,12-/m0/s1. The smallest absolute Gasteiger partial charge is 0.320 e. The van der Waals surface area contributed by atoms with Crippen LogP contribution in [0.4, 0.5) is 4.79 Å². The number of likely N-dealkylation sites (N-methyl/N-ethyl adjacent to an activating group) is 2. The van der Waals surface area contributed by atoms with Crippen LogP contribution in [0.3, 0.4) is 0 Å². The Morgan fingerprint density at radius 2 is 2.11 bits per heavy atom. The molecule has 0 spiro atoms. The number of esters is 1. The molecule has 0 saturated carbocycles. The van der Waals surface area contributed by atoms with Crippen LogP contribution >= 0.6 is 11.8 Å². The Bertz CT molecular complexity index is 364. The molecule has 0 aromatic heterocycles. The van der Waals surface area contributed by atoms with Crippen molar-refractivity contribution >= 4 is 23.8 Å². The van der Waals surface area contributed by atoms with E-state index in [4.69, 9.17) is 0 Å². The van der Waals surface area contributed by atoms with Crippen molar-refractivity contribution in [1.29, 1.82) is 0 Å². The number of amides is 2. The second-order valence-electron chi connectivity index (χ2n) is 5.26. The molecule has 2 amide bonds. The molecule has 0 bridgehead atoms. The van der Waals surface area contributed by atoms with Gasteiger partial charge in [-0.25, -0.2) is 4.79 Å². The van der Waals surface area contributed by atoms with Crippen LogP contribution in [0, 0.1) is 0 Å². The van der Waals surface area contributed by atoms with Crippen molar-refractivity contribution in [1.82, 2.24) is 9.80 Å². The topological polar surface area (TPSA) is 49.9 Å². The lowest BCUT2D eigenvalue weighted by molar-refractivity contribution is -0.140. The van der Waals surface area contributed by atoms with Crippen LogP contribution in [-0.4, -0.2) is 66.1 Å². The SMILES string of the molecule is COC(=O)CCCC[C@@H]1SC[C@H]2[C@@H]1N(C)C(=O)N2C. The number of fused-ring (bicyclic) bond motifs is 1. The summed E-state index contributed by atoms with van der Waals surface area (Å²) in [4.78, 5) is 26.7. The van der Waals surface area contributed by atoms with Crippen molar-refractivity contribution in [3.05, 3.63) is 0 Å². The summed E-state index contributed by atoms with van der Waals surface area (Å²) in [5.41, 5.74) is 0. The van der Waals surface area contributed by atoms with Gasteiger partial charge in [0, 0.05) is 31.5 Å². The molecular weight excluding hydrogens is 264 g/mol. The molecule has 0 unspecified atom stereocenters. The number of ether oxygens (including phenoxy) is 1. The second-order valence-corrected chi connectivity index (χ2v) is 6.53. The molecule has 0 N–H and O–H groups in total. The minimum absolute atomic E-state index is 0.134. The Hall–Kier alpha value is -0.910. The molecule has 0 aromatic carbocycles. The number of carbonyl (C=O) groups excluding carboxylic acids is 2. The molecule has 2 fully saturated rings. The van der Waals surface area contributed by atoms with Gasteiger partial charge in [-0.2, -0.15) is 11.8 Å². The fourth-order valence-corrected chi connectivity index (χ4v) is 4.76. The van der Waals surface area contributed by atoms with Gasteiger partial charge in [-0.1, -0.05) is 6.42 Å². The lowest BCUT2D eigenvalue weighted by Gasteiger charge is -2.23. The van der Waals surface area contributed by atoms with Crippen LogP contribution in [0.5, 0.6) is 0 Å². The predicted octanol–water partition coefficient (Wildman–Crippen LogP) is 1.57. The molecule has 2 aliphatic rings. The number of methoxy groups -OCH3 is 1. The Kier molecular flexibility index (Phi) is 4.60. The highest BCUT2D eigenvalue weighted by molar-refractivity contribution is 8.00. The van der Waals surface area contributed by atoms with Gasteiger partial charge in [0.2, 0.25) is 0 Å². The monoisotopic (exact) mass is 286 g/mol. The van der Waals surface area contributed by atoms with Crippen molar-refractivity contribution in [2.24, 2.45) is 0 Å². The first-order valence-electron chi connectivity index (χ1n) is 6.74. The van der Waals surface area contributed by atoms with Crippen molar-refractivity contribution in [2.75, 3.05) is 27.0 Å². The quantitative estimate of drug-likeness (QED) is 0.437. The van der Waals surface area contributed by atoms with Crippen molar-refractivity contribution < 1.29 is 14.3 Å². The van der Waals surface area contributed by atoms with Gasteiger partial charge in [0.15, 0.2) is 0 Å². The average molecular weight is 286 g/mol. The molecule has 0 aromatic rings. The molecule has 2 saturated heterocycles. The van der Waals surface area contributed by atoms with E-state index in [1.54, 1.807) is 0 Å². The summed E-state index contributed by atoms with van der Waals surface area (Å²) in [5, 5.41) is 0.501. The molecule has 2 heterocycles. The first kappa shape index (κ1) is 14.5. The van der Waals surface area contributed by atoms with E-state index in [1.165, 1.54) is 7.11 Å². The van der Waals surface area contributed by atoms with Crippen LogP contribution in [0.1, 0.15) is 25.7 Å². The third kappa shape index (κ3) is 2.83. The lowest BCUT2D eigenvalue weighted by atomic mass is 10.0. The second kappa shape index (κ2) is 6.03. The maximum Gasteiger partial charge on any atom is 0.320 e. The Morgan fingerprint density at radius 3 is 2.79 bits per heavy atom. The summed E-state index contributed by atoms with van der Waals surface area (Å²) in [6.07, 6.45) is 3.45. The van der Waals surface area contributed by atoms with E-state index in [9.17, 15) is 9.59 Å². The average Bonchev–Trinajstić information content (AvgIpc) is 2.92. The van der Waals surface area contributed by atoms with E-state index in [1.807, 2.05) is 35.7 Å². The van der Waals surface area contributed by atoms with Gasteiger partial charge in [-0.3, -0.25) is 4.79 Å². The highest BCUT2D eigenvalue weighted by atomic mass is 32.2. The van der Waals surface area contributed by atoms with Crippen LogP contribution in [0.25, 0.3) is 0 Å². The number of rotatable bonds is 5. The van der Waals surface area contributed by atoms with Crippen LogP contribution < -0.4 is 0 Å². The fourth-order valence-electron chi connectivity index (χ4n) is 3.00. The maximum atomic E-state index is 11.9. The van der Waals surface area contributed by atoms with Gasteiger partial charge in [0.25, 0.3) is 0 Å². The normalized spacial score (nSPS) is 29.8. The number of carbonyl (C=O) groups is 2. The molecular formula is C13H22N2O3S. The third-order valence-electron chi connectivity index (χ3n) is 4.15. The van der Waals surface area contributed by atoms with Gasteiger partial charge in [-0.15, -0.1) is 0 Å². The summed E-state index contributed by atoms with van der Waals surface area (Å²) in [5.74, 6) is 0.892. The predicted molar refractivity (Wildman–Crippen MR) is 75.2 cm³/mol. The lowest BCUT2D eigenvalue weighted by Crippen LogP contribution is -2.38. The zero-order chi connectivity index (χ0) is 14.0. The van der Waals surface area contributed by atoms with E-state index in [2.05, 4.69) is 4.74 Å². The molecule has 3 atom stereocenters. The van der Waals surface area contributed by atoms with Gasteiger partial charge in [0.1, 0.15) is 0 Å². The van der Waals surface area contributed by atoms with Gasteiger partial charge < -0.3 is 14.5 Å². The maximum absolute atomic E-state index is 11.9. The first-order valence-corrected chi connectivity index (χ1v) is 7.79. The van der Waals surface area contributed by atoms with Crippen molar-refractivity contribution in [3.63, 3.8) is 0 Å². The van der Waals surface area contributed by atoms with Crippen LogP contribution in [0.2, 0.25) is 0 Å². The number of hydrogen-bond acceptors (Lipinski definition) is 4. The van der Waals surface area contributed by atoms with E-state index in [0.717, 1.165) is 25.0 Å². The van der Waals surface area contributed by atoms with Crippen molar-refractivity contribution in [2.45, 2.75) is 43.0 Å². The van der Waals surface area contributed by atoms with E-state index in [0.29, 0.717) is 23.8 Å². The summed E-state index contributed by atoms with van der Waals surface area (Å²) in [6.45, 7) is 0. The van der Waals surface area contributed by atoms with Gasteiger partial charge >= 0.3 is 12.0 Å². The largest absolute Gasteiger partial charge is 0.469 e. The Labute approximate surface area is 118 Å². The Balaban J connectivity index is 1.80. The third-order valence-corrected chi connectivity index (χ3v) is 5.63. The summed E-state index contributed by atoms with van der Waals surface area (Å²) in [6, 6.07) is 0.823. The zero-order valence-electron chi connectivity index (χ0n) is 11.8.